The average Bonchev–Trinajstić information content (AvgIpc) is 2.23. The van der Waals surface area contributed by atoms with Crippen molar-refractivity contribution < 1.29 is 9.84 Å². The van der Waals surface area contributed by atoms with Crippen LogP contribution >= 0.6 is 0 Å². The highest BCUT2D eigenvalue weighted by Gasteiger charge is 2.03. The molecule has 14 heavy (non-hydrogen) atoms. The van der Waals surface area contributed by atoms with E-state index in [1.54, 1.807) is 12.1 Å². The Bertz CT molecular complexity index is 475. The van der Waals surface area contributed by atoms with Crippen molar-refractivity contribution in [2.24, 2.45) is 0 Å². The van der Waals surface area contributed by atoms with Gasteiger partial charge >= 0.3 is 0 Å². The van der Waals surface area contributed by atoms with Crippen LogP contribution in [0.4, 0.5) is 0 Å². The van der Waals surface area contributed by atoms with Crippen molar-refractivity contribution in [3.63, 3.8) is 0 Å². The minimum absolute atomic E-state index is 0.261. The Morgan fingerprint density at radius 1 is 1.07 bits per heavy atom. The summed E-state index contributed by atoms with van der Waals surface area (Å²) < 4.78 is 5.23. The van der Waals surface area contributed by atoms with Crippen molar-refractivity contribution in [1.82, 2.24) is 0 Å². The lowest BCUT2D eigenvalue weighted by atomic mass is 10.1. The van der Waals surface area contributed by atoms with E-state index >= 15 is 0 Å². The second kappa shape index (κ2) is 3.42. The molecular formula is C12H10O2. The van der Waals surface area contributed by atoms with Crippen molar-refractivity contribution in [1.29, 1.82) is 0 Å². The van der Waals surface area contributed by atoms with E-state index in [1.807, 2.05) is 24.3 Å². The number of fused-ring (bicyclic) bond motifs is 1. The maximum Gasteiger partial charge on any atom is 0.134 e. The first-order chi connectivity index (χ1) is 6.83. The van der Waals surface area contributed by atoms with Gasteiger partial charge in [0.15, 0.2) is 0 Å². The second-order valence-electron chi connectivity index (χ2n) is 2.91. The monoisotopic (exact) mass is 186 g/mol. The van der Waals surface area contributed by atoms with Gasteiger partial charge in [0.05, 0.1) is 6.26 Å². The summed E-state index contributed by atoms with van der Waals surface area (Å²) in [6.07, 6.45) is 1.37. The zero-order chi connectivity index (χ0) is 9.97. The van der Waals surface area contributed by atoms with Crippen molar-refractivity contribution >= 4 is 10.8 Å². The number of phenolic OH excluding ortho intramolecular Hbond substituents is 1. The van der Waals surface area contributed by atoms with Gasteiger partial charge in [-0.3, -0.25) is 0 Å². The van der Waals surface area contributed by atoms with Gasteiger partial charge in [-0.25, -0.2) is 0 Å². The minimum atomic E-state index is 0.261. The Labute approximate surface area is 82.1 Å². The molecule has 0 aliphatic carbocycles. The maximum atomic E-state index is 9.58. The van der Waals surface area contributed by atoms with Gasteiger partial charge in [-0.1, -0.05) is 30.8 Å². The number of hydrogen-bond donors (Lipinski definition) is 1. The molecule has 0 atom stereocenters. The Hall–Kier alpha value is -1.96. The summed E-state index contributed by atoms with van der Waals surface area (Å²) in [7, 11) is 0. The summed E-state index contributed by atoms with van der Waals surface area (Å²) in [6, 6.07) is 10.9. The second-order valence-corrected chi connectivity index (χ2v) is 2.91. The largest absolute Gasteiger partial charge is 0.507 e. The minimum Gasteiger partial charge on any atom is -0.507 e. The Kier molecular flexibility index (Phi) is 2.11. The fourth-order valence-electron chi connectivity index (χ4n) is 1.45. The quantitative estimate of drug-likeness (QED) is 0.730. The Balaban J connectivity index is 2.74. The van der Waals surface area contributed by atoms with Gasteiger partial charge in [0.25, 0.3) is 0 Å². The SMILES string of the molecule is C=COc1ccc(O)c2ccccc12. The molecule has 0 aliphatic rings. The third kappa shape index (κ3) is 1.31. The number of phenols is 1. The summed E-state index contributed by atoms with van der Waals surface area (Å²) in [5.41, 5.74) is 0. The number of benzene rings is 2. The van der Waals surface area contributed by atoms with Crippen LogP contribution in [0.3, 0.4) is 0 Å². The molecule has 2 nitrogen and oxygen atoms in total. The molecule has 0 saturated carbocycles. The van der Waals surface area contributed by atoms with Gasteiger partial charge in [0, 0.05) is 10.8 Å². The van der Waals surface area contributed by atoms with Crippen LogP contribution in [0.25, 0.3) is 10.8 Å². The van der Waals surface area contributed by atoms with E-state index in [2.05, 4.69) is 6.58 Å². The molecule has 0 amide bonds. The summed E-state index contributed by atoms with van der Waals surface area (Å²) >= 11 is 0. The fourth-order valence-corrected chi connectivity index (χ4v) is 1.45. The Morgan fingerprint density at radius 2 is 1.79 bits per heavy atom. The van der Waals surface area contributed by atoms with Gasteiger partial charge in [0.1, 0.15) is 11.5 Å². The summed E-state index contributed by atoms with van der Waals surface area (Å²) in [6.45, 7) is 3.50. The fraction of sp³-hybridized carbons (Fsp3) is 0. The van der Waals surface area contributed by atoms with E-state index in [9.17, 15) is 5.11 Å². The van der Waals surface area contributed by atoms with E-state index in [0.29, 0.717) is 5.75 Å². The lowest BCUT2D eigenvalue weighted by Crippen LogP contribution is -1.83. The average molecular weight is 186 g/mol. The molecule has 0 radical (unpaired) electrons. The molecule has 0 aromatic heterocycles. The summed E-state index contributed by atoms with van der Waals surface area (Å²) in [4.78, 5) is 0. The predicted octanol–water partition coefficient (Wildman–Crippen LogP) is 3.07. The highest BCUT2D eigenvalue weighted by molar-refractivity contribution is 5.92. The number of rotatable bonds is 2. The molecule has 2 heteroatoms. The van der Waals surface area contributed by atoms with Crippen molar-refractivity contribution in [2.45, 2.75) is 0 Å². The molecule has 0 fully saturated rings. The molecule has 0 unspecified atom stereocenters. The molecule has 0 bridgehead atoms. The highest BCUT2D eigenvalue weighted by Crippen LogP contribution is 2.31. The van der Waals surface area contributed by atoms with E-state index in [4.69, 9.17) is 4.74 Å². The van der Waals surface area contributed by atoms with Crippen LogP contribution in [0, 0.1) is 0 Å². The number of ether oxygens (including phenoxy) is 1. The van der Waals surface area contributed by atoms with E-state index in [0.717, 1.165) is 10.8 Å². The third-order valence-corrected chi connectivity index (χ3v) is 2.07. The standard InChI is InChI=1S/C12H10O2/c1-2-14-12-8-7-11(13)9-5-3-4-6-10(9)12/h2-8,13H,1H2. The summed E-state index contributed by atoms with van der Waals surface area (Å²) in [5, 5.41) is 11.2. The van der Waals surface area contributed by atoms with Crippen LogP contribution < -0.4 is 4.74 Å². The molecule has 2 aromatic carbocycles. The van der Waals surface area contributed by atoms with Crippen LogP contribution in [-0.4, -0.2) is 5.11 Å². The molecular weight excluding hydrogens is 176 g/mol. The molecule has 2 rings (SSSR count). The first kappa shape index (κ1) is 8.63. The van der Waals surface area contributed by atoms with Crippen molar-refractivity contribution in [2.75, 3.05) is 0 Å². The van der Waals surface area contributed by atoms with Gasteiger partial charge in [0.2, 0.25) is 0 Å². The van der Waals surface area contributed by atoms with Crippen LogP contribution in [-0.2, 0) is 0 Å². The number of aromatic hydroxyl groups is 1. The molecule has 1 N–H and O–H groups in total. The molecule has 0 saturated heterocycles. The topological polar surface area (TPSA) is 29.5 Å². The van der Waals surface area contributed by atoms with Crippen LogP contribution in [0.15, 0.2) is 49.2 Å². The predicted molar refractivity (Wildman–Crippen MR) is 56.4 cm³/mol. The van der Waals surface area contributed by atoms with Crippen molar-refractivity contribution in [3.8, 4) is 11.5 Å². The zero-order valence-electron chi connectivity index (χ0n) is 7.60. The third-order valence-electron chi connectivity index (χ3n) is 2.07. The lowest BCUT2D eigenvalue weighted by molar-refractivity contribution is 0.473. The van der Waals surface area contributed by atoms with E-state index < -0.39 is 0 Å². The molecule has 0 aliphatic heterocycles. The lowest BCUT2D eigenvalue weighted by Gasteiger charge is -2.06. The van der Waals surface area contributed by atoms with Gasteiger partial charge in [-0.2, -0.15) is 0 Å². The van der Waals surface area contributed by atoms with Gasteiger partial charge < -0.3 is 9.84 Å². The van der Waals surface area contributed by atoms with E-state index in [-0.39, 0.29) is 5.75 Å². The first-order valence-corrected chi connectivity index (χ1v) is 4.31. The van der Waals surface area contributed by atoms with E-state index in [1.165, 1.54) is 6.26 Å². The maximum absolute atomic E-state index is 9.58. The molecule has 0 spiro atoms. The van der Waals surface area contributed by atoms with Crippen molar-refractivity contribution in [3.05, 3.63) is 49.2 Å². The molecule has 0 heterocycles. The smallest absolute Gasteiger partial charge is 0.134 e. The molecule has 70 valence electrons. The number of hydrogen-bond acceptors (Lipinski definition) is 2. The van der Waals surface area contributed by atoms with Crippen LogP contribution in [0.1, 0.15) is 0 Å². The van der Waals surface area contributed by atoms with Gasteiger partial charge in [-0.15, -0.1) is 0 Å². The normalized spacial score (nSPS) is 10.0. The molecule has 2 aromatic rings. The van der Waals surface area contributed by atoms with Crippen LogP contribution in [0.2, 0.25) is 0 Å². The zero-order valence-corrected chi connectivity index (χ0v) is 7.60. The van der Waals surface area contributed by atoms with Crippen LogP contribution in [0.5, 0.6) is 11.5 Å². The van der Waals surface area contributed by atoms with Gasteiger partial charge in [-0.05, 0) is 12.1 Å². The first-order valence-electron chi connectivity index (χ1n) is 4.31. The highest BCUT2D eigenvalue weighted by atomic mass is 16.5. The summed E-state index contributed by atoms with van der Waals surface area (Å²) in [5.74, 6) is 0.963. The Morgan fingerprint density at radius 3 is 2.50 bits per heavy atom.